The quantitative estimate of drug-likeness (QED) is 0.194. The SMILES string of the molecule is CC=C(CCCCCCCCC)C(=O)OCCCCCCC. The first-order valence-electron chi connectivity index (χ1n) is 9.58. The fourth-order valence-corrected chi connectivity index (χ4v) is 2.60. The second-order valence-corrected chi connectivity index (χ2v) is 6.24. The van der Waals surface area contributed by atoms with Crippen LogP contribution in [0.2, 0.25) is 0 Å². The third-order valence-corrected chi connectivity index (χ3v) is 4.14. The van der Waals surface area contributed by atoms with Crippen molar-refractivity contribution in [3.05, 3.63) is 11.6 Å². The van der Waals surface area contributed by atoms with Crippen LogP contribution in [0.5, 0.6) is 0 Å². The molecule has 0 heterocycles. The summed E-state index contributed by atoms with van der Waals surface area (Å²) in [6.07, 6.45) is 17.7. The molecule has 0 saturated carbocycles. The summed E-state index contributed by atoms with van der Waals surface area (Å²) in [5.74, 6) is -0.0935. The smallest absolute Gasteiger partial charge is 0.333 e. The van der Waals surface area contributed by atoms with Crippen molar-refractivity contribution in [3.8, 4) is 0 Å². The van der Waals surface area contributed by atoms with Crippen molar-refractivity contribution in [1.29, 1.82) is 0 Å². The van der Waals surface area contributed by atoms with E-state index < -0.39 is 0 Å². The maximum absolute atomic E-state index is 12.0. The molecule has 130 valence electrons. The predicted molar refractivity (Wildman–Crippen MR) is 96.1 cm³/mol. The molecule has 22 heavy (non-hydrogen) atoms. The Labute approximate surface area is 138 Å². The number of rotatable bonds is 15. The van der Waals surface area contributed by atoms with Gasteiger partial charge in [-0.1, -0.05) is 84.1 Å². The third-order valence-electron chi connectivity index (χ3n) is 4.14. The molecular formula is C20H38O2. The van der Waals surface area contributed by atoms with E-state index in [4.69, 9.17) is 4.74 Å². The molecule has 0 radical (unpaired) electrons. The number of carbonyl (C=O) groups is 1. The van der Waals surface area contributed by atoms with Crippen molar-refractivity contribution >= 4 is 5.97 Å². The Morgan fingerprint density at radius 2 is 1.27 bits per heavy atom. The van der Waals surface area contributed by atoms with Crippen LogP contribution < -0.4 is 0 Å². The van der Waals surface area contributed by atoms with Crippen molar-refractivity contribution in [2.24, 2.45) is 0 Å². The highest BCUT2D eigenvalue weighted by molar-refractivity contribution is 5.88. The lowest BCUT2D eigenvalue weighted by atomic mass is 10.0. The molecule has 0 amide bonds. The molecule has 0 aliphatic rings. The van der Waals surface area contributed by atoms with Crippen LogP contribution in [0.3, 0.4) is 0 Å². The van der Waals surface area contributed by atoms with Gasteiger partial charge in [0.2, 0.25) is 0 Å². The van der Waals surface area contributed by atoms with E-state index in [0.717, 1.165) is 24.8 Å². The van der Waals surface area contributed by atoms with E-state index in [1.54, 1.807) is 0 Å². The Balaban J connectivity index is 3.61. The maximum Gasteiger partial charge on any atom is 0.333 e. The fourth-order valence-electron chi connectivity index (χ4n) is 2.60. The standard InChI is InChI=1S/C20H38O2/c1-4-7-9-11-12-13-15-17-19(6-3)20(21)22-18-16-14-10-8-5-2/h6H,4-5,7-18H2,1-3H3. The summed E-state index contributed by atoms with van der Waals surface area (Å²) in [7, 11) is 0. The summed E-state index contributed by atoms with van der Waals surface area (Å²) in [4.78, 5) is 12.0. The van der Waals surface area contributed by atoms with Gasteiger partial charge in [0.1, 0.15) is 0 Å². The molecule has 0 bridgehead atoms. The number of hydrogen-bond donors (Lipinski definition) is 0. The van der Waals surface area contributed by atoms with Crippen molar-refractivity contribution < 1.29 is 9.53 Å². The average molecular weight is 311 g/mol. The van der Waals surface area contributed by atoms with E-state index in [-0.39, 0.29) is 5.97 Å². The van der Waals surface area contributed by atoms with Gasteiger partial charge in [-0.25, -0.2) is 4.79 Å². The summed E-state index contributed by atoms with van der Waals surface area (Å²) < 4.78 is 5.38. The molecular weight excluding hydrogens is 272 g/mol. The Bertz CT molecular complexity index is 281. The van der Waals surface area contributed by atoms with Gasteiger partial charge < -0.3 is 4.74 Å². The van der Waals surface area contributed by atoms with Gasteiger partial charge in [0.15, 0.2) is 0 Å². The normalized spacial score (nSPS) is 11.7. The van der Waals surface area contributed by atoms with Gasteiger partial charge in [-0.15, -0.1) is 0 Å². The molecule has 0 spiro atoms. The fraction of sp³-hybridized carbons (Fsp3) is 0.850. The van der Waals surface area contributed by atoms with Crippen molar-refractivity contribution in [1.82, 2.24) is 0 Å². The molecule has 0 aromatic rings. The lowest BCUT2D eigenvalue weighted by Crippen LogP contribution is -2.09. The second kappa shape index (κ2) is 16.6. The molecule has 2 nitrogen and oxygen atoms in total. The lowest BCUT2D eigenvalue weighted by Gasteiger charge is -2.08. The molecule has 0 aromatic heterocycles. The number of esters is 1. The van der Waals surface area contributed by atoms with Crippen molar-refractivity contribution in [2.45, 2.75) is 104 Å². The summed E-state index contributed by atoms with van der Waals surface area (Å²) in [5.41, 5.74) is 0.863. The zero-order valence-corrected chi connectivity index (χ0v) is 15.3. The number of allylic oxidation sites excluding steroid dienone is 1. The predicted octanol–water partition coefficient (Wildman–Crippen LogP) is 6.59. The largest absolute Gasteiger partial charge is 0.462 e. The van der Waals surface area contributed by atoms with Crippen LogP contribution in [-0.2, 0) is 9.53 Å². The minimum Gasteiger partial charge on any atom is -0.462 e. The van der Waals surface area contributed by atoms with E-state index >= 15 is 0 Å². The van der Waals surface area contributed by atoms with Crippen LogP contribution in [-0.4, -0.2) is 12.6 Å². The first kappa shape index (κ1) is 21.2. The molecule has 0 fully saturated rings. The van der Waals surface area contributed by atoms with Gasteiger partial charge in [0.05, 0.1) is 6.61 Å². The highest BCUT2D eigenvalue weighted by Gasteiger charge is 2.09. The van der Waals surface area contributed by atoms with Gasteiger partial charge in [0.25, 0.3) is 0 Å². The Hall–Kier alpha value is -0.790. The lowest BCUT2D eigenvalue weighted by molar-refractivity contribution is -0.139. The van der Waals surface area contributed by atoms with E-state index in [2.05, 4.69) is 13.8 Å². The molecule has 0 saturated heterocycles. The van der Waals surface area contributed by atoms with Crippen LogP contribution in [0.1, 0.15) is 104 Å². The summed E-state index contributed by atoms with van der Waals surface area (Å²) >= 11 is 0. The van der Waals surface area contributed by atoms with Crippen LogP contribution in [0.25, 0.3) is 0 Å². The minimum atomic E-state index is -0.0935. The molecule has 0 aromatic carbocycles. The highest BCUT2D eigenvalue weighted by Crippen LogP contribution is 2.14. The summed E-state index contributed by atoms with van der Waals surface area (Å²) in [6, 6.07) is 0. The van der Waals surface area contributed by atoms with E-state index in [1.807, 2.05) is 13.0 Å². The van der Waals surface area contributed by atoms with Gasteiger partial charge in [-0.2, -0.15) is 0 Å². The Kier molecular flexibility index (Phi) is 16.0. The number of unbranched alkanes of at least 4 members (excludes halogenated alkanes) is 10. The topological polar surface area (TPSA) is 26.3 Å². The minimum absolute atomic E-state index is 0.0935. The summed E-state index contributed by atoms with van der Waals surface area (Å²) in [5, 5.41) is 0. The highest BCUT2D eigenvalue weighted by atomic mass is 16.5. The molecule has 0 unspecified atom stereocenters. The molecule has 0 atom stereocenters. The van der Waals surface area contributed by atoms with Crippen LogP contribution >= 0.6 is 0 Å². The Morgan fingerprint density at radius 1 is 0.773 bits per heavy atom. The number of hydrogen-bond acceptors (Lipinski definition) is 2. The molecule has 0 rings (SSSR count). The second-order valence-electron chi connectivity index (χ2n) is 6.24. The van der Waals surface area contributed by atoms with Crippen LogP contribution in [0.4, 0.5) is 0 Å². The van der Waals surface area contributed by atoms with Gasteiger partial charge in [0, 0.05) is 5.57 Å². The van der Waals surface area contributed by atoms with E-state index in [9.17, 15) is 4.79 Å². The first-order valence-corrected chi connectivity index (χ1v) is 9.58. The van der Waals surface area contributed by atoms with Crippen molar-refractivity contribution in [2.75, 3.05) is 6.61 Å². The summed E-state index contributed by atoms with van der Waals surface area (Å²) in [6.45, 7) is 6.98. The van der Waals surface area contributed by atoms with Crippen LogP contribution in [0.15, 0.2) is 11.6 Å². The average Bonchev–Trinajstić information content (AvgIpc) is 2.53. The van der Waals surface area contributed by atoms with Gasteiger partial charge in [-0.3, -0.25) is 0 Å². The first-order chi connectivity index (χ1) is 10.8. The zero-order valence-electron chi connectivity index (χ0n) is 15.3. The van der Waals surface area contributed by atoms with E-state index in [1.165, 1.54) is 64.2 Å². The van der Waals surface area contributed by atoms with Crippen LogP contribution in [0, 0.1) is 0 Å². The molecule has 2 heteroatoms. The van der Waals surface area contributed by atoms with E-state index in [0.29, 0.717) is 6.61 Å². The molecule has 0 N–H and O–H groups in total. The van der Waals surface area contributed by atoms with Crippen molar-refractivity contribution in [3.63, 3.8) is 0 Å². The maximum atomic E-state index is 12.0. The van der Waals surface area contributed by atoms with Gasteiger partial charge >= 0.3 is 5.97 Å². The zero-order chi connectivity index (χ0) is 16.5. The number of carbonyl (C=O) groups excluding carboxylic acids is 1. The monoisotopic (exact) mass is 310 g/mol. The third kappa shape index (κ3) is 12.9. The molecule has 0 aliphatic carbocycles. The van der Waals surface area contributed by atoms with Gasteiger partial charge in [-0.05, 0) is 26.2 Å². The number of ether oxygens (including phenoxy) is 1. The Morgan fingerprint density at radius 3 is 1.82 bits per heavy atom. The molecule has 0 aliphatic heterocycles.